The van der Waals surface area contributed by atoms with Crippen LogP contribution >= 0.6 is 0 Å². The van der Waals surface area contributed by atoms with Crippen LogP contribution in [0.15, 0.2) is 12.2 Å². The Balaban J connectivity index is 3.32. The highest BCUT2D eigenvalue weighted by Crippen LogP contribution is 2.18. The van der Waals surface area contributed by atoms with Crippen LogP contribution in [0.2, 0.25) is 0 Å². The van der Waals surface area contributed by atoms with E-state index >= 15 is 0 Å². The molecule has 0 bridgehead atoms. The summed E-state index contributed by atoms with van der Waals surface area (Å²) in [5.74, 6) is -0.0267. The molecule has 0 spiro atoms. The molecule has 0 aliphatic heterocycles. The van der Waals surface area contributed by atoms with Crippen LogP contribution in [0.5, 0.6) is 0 Å². The zero-order chi connectivity index (χ0) is 47.9. The van der Waals surface area contributed by atoms with Gasteiger partial charge in [-0.05, 0) is 51.4 Å². The molecule has 0 fully saturated rings. The monoisotopic (exact) mass is 932 g/mol. The molecule has 392 valence electrons. The number of carbonyl (C=O) groups excluding carboxylic acids is 2. The fourth-order valence-corrected chi connectivity index (χ4v) is 9.46. The number of carbonyl (C=O) groups is 2. The lowest BCUT2D eigenvalue weighted by atomic mass is 10.0. The minimum Gasteiger partial charge on any atom is -0.466 e. The highest BCUT2D eigenvalue weighted by molar-refractivity contribution is 5.76. The van der Waals surface area contributed by atoms with E-state index in [2.05, 4.69) is 31.3 Å². The Kier molecular flexibility index (Phi) is 55.0. The van der Waals surface area contributed by atoms with Crippen LogP contribution in [0.4, 0.5) is 0 Å². The number of ether oxygens (including phenoxy) is 1. The maximum absolute atomic E-state index is 12.4. The minimum absolute atomic E-state index is 0.00841. The molecular formula is C60H117NO5. The van der Waals surface area contributed by atoms with Crippen LogP contribution < -0.4 is 5.32 Å². The van der Waals surface area contributed by atoms with Crippen LogP contribution in [0.25, 0.3) is 0 Å². The summed E-state index contributed by atoms with van der Waals surface area (Å²) in [5.41, 5.74) is 0. The fraction of sp³-hybridized carbons (Fsp3) is 0.933. The second-order valence-electron chi connectivity index (χ2n) is 20.7. The molecule has 2 unspecified atom stereocenters. The highest BCUT2D eigenvalue weighted by atomic mass is 16.5. The molecule has 0 rings (SSSR count). The zero-order valence-corrected chi connectivity index (χ0v) is 44.7. The normalized spacial score (nSPS) is 12.6. The van der Waals surface area contributed by atoms with E-state index in [-0.39, 0.29) is 18.5 Å². The van der Waals surface area contributed by atoms with Crippen LogP contribution in [0, 0.1) is 0 Å². The van der Waals surface area contributed by atoms with Crippen molar-refractivity contribution in [3.63, 3.8) is 0 Å². The summed E-state index contributed by atoms with van der Waals surface area (Å²) in [6.45, 7) is 4.94. The molecule has 0 aromatic rings. The van der Waals surface area contributed by atoms with E-state index in [1.807, 2.05) is 0 Å². The maximum Gasteiger partial charge on any atom is 0.305 e. The summed E-state index contributed by atoms with van der Waals surface area (Å²) in [7, 11) is 0. The number of esters is 1. The van der Waals surface area contributed by atoms with Gasteiger partial charge in [-0.1, -0.05) is 283 Å². The van der Waals surface area contributed by atoms with Gasteiger partial charge in [-0.2, -0.15) is 0 Å². The van der Waals surface area contributed by atoms with E-state index in [1.165, 1.54) is 257 Å². The molecule has 0 aliphatic rings. The third kappa shape index (κ3) is 52.0. The van der Waals surface area contributed by atoms with E-state index in [9.17, 15) is 19.8 Å². The molecule has 0 radical (unpaired) electrons. The maximum atomic E-state index is 12.4. The Labute approximate surface area is 412 Å². The molecule has 2 atom stereocenters. The van der Waals surface area contributed by atoms with Crippen molar-refractivity contribution < 1.29 is 24.5 Å². The molecular weight excluding hydrogens is 815 g/mol. The van der Waals surface area contributed by atoms with Crippen molar-refractivity contribution in [3.05, 3.63) is 12.2 Å². The van der Waals surface area contributed by atoms with Crippen LogP contribution in [0.3, 0.4) is 0 Å². The Hall–Kier alpha value is -1.40. The zero-order valence-electron chi connectivity index (χ0n) is 44.7. The summed E-state index contributed by atoms with van der Waals surface area (Å²) in [6.07, 6.45) is 66.6. The Bertz CT molecular complexity index is 986. The van der Waals surface area contributed by atoms with Gasteiger partial charge in [0.25, 0.3) is 0 Å². The van der Waals surface area contributed by atoms with Crippen LogP contribution in [-0.4, -0.2) is 47.4 Å². The Morgan fingerprint density at radius 1 is 0.409 bits per heavy atom. The summed E-state index contributed by atoms with van der Waals surface area (Å²) in [4.78, 5) is 24.5. The van der Waals surface area contributed by atoms with Crippen molar-refractivity contribution in [1.29, 1.82) is 0 Å². The number of hydrogen-bond acceptors (Lipinski definition) is 5. The van der Waals surface area contributed by atoms with Gasteiger partial charge in [0.1, 0.15) is 0 Å². The van der Waals surface area contributed by atoms with E-state index in [1.54, 1.807) is 0 Å². The predicted molar refractivity (Wildman–Crippen MR) is 287 cm³/mol. The molecule has 0 saturated heterocycles. The van der Waals surface area contributed by atoms with Gasteiger partial charge in [-0.15, -0.1) is 0 Å². The van der Waals surface area contributed by atoms with E-state index < -0.39 is 12.1 Å². The number of rotatable bonds is 56. The lowest BCUT2D eigenvalue weighted by molar-refractivity contribution is -0.143. The first-order chi connectivity index (χ1) is 32.5. The fourth-order valence-electron chi connectivity index (χ4n) is 9.46. The summed E-state index contributed by atoms with van der Waals surface area (Å²) < 4.78 is 5.49. The van der Waals surface area contributed by atoms with Crippen LogP contribution in [0.1, 0.15) is 335 Å². The van der Waals surface area contributed by atoms with E-state index in [4.69, 9.17) is 4.74 Å². The van der Waals surface area contributed by atoms with Gasteiger partial charge >= 0.3 is 5.97 Å². The molecule has 0 aromatic heterocycles. The average molecular weight is 933 g/mol. The topological polar surface area (TPSA) is 95.9 Å². The first-order valence-electron chi connectivity index (χ1n) is 29.9. The SMILES string of the molecule is CCCCCCCCC/C=C\CCCCCCCC(=O)OCCCCCCCCCCCCCCCCCCCCCCCCCCC(=O)NC(CO)C(O)CCCCCCCCCCC. The molecule has 1 amide bonds. The summed E-state index contributed by atoms with van der Waals surface area (Å²) >= 11 is 0. The van der Waals surface area contributed by atoms with Crippen LogP contribution in [-0.2, 0) is 14.3 Å². The summed E-state index contributed by atoms with van der Waals surface area (Å²) in [5, 5.41) is 23.1. The third-order valence-electron chi connectivity index (χ3n) is 14.1. The third-order valence-corrected chi connectivity index (χ3v) is 14.1. The number of nitrogens with one attached hydrogen (secondary N) is 1. The van der Waals surface area contributed by atoms with Crippen molar-refractivity contribution in [2.24, 2.45) is 0 Å². The lowest BCUT2D eigenvalue weighted by Gasteiger charge is -2.22. The van der Waals surface area contributed by atoms with Crippen molar-refractivity contribution in [2.45, 2.75) is 347 Å². The second kappa shape index (κ2) is 56.2. The Morgan fingerprint density at radius 2 is 0.712 bits per heavy atom. The predicted octanol–water partition coefficient (Wildman–Crippen LogP) is 18.5. The van der Waals surface area contributed by atoms with Gasteiger partial charge in [-0.3, -0.25) is 9.59 Å². The molecule has 0 aromatic carbocycles. The number of aliphatic hydroxyl groups excluding tert-OH is 2. The molecule has 6 nitrogen and oxygen atoms in total. The van der Waals surface area contributed by atoms with Gasteiger partial charge in [0.05, 0.1) is 25.4 Å². The number of aliphatic hydroxyl groups is 2. The molecule has 3 N–H and O–H groups in total. The average Bonchev–Trinajstić information content (AvgIpc) is 3.32. The molecule has 66 heavy (non-hydrogen) atoms. The highest BCUT2D eigenvalue weighted by Gasteiger charge is 2.20. The molecule has 0 heterocycles. The van der Waals surface area contributed by atoms with Crippen molar-refractivity contribution in [3.8, 4) is 0 Å². The number of amides is 1. The Morgan fingerprint density at radius 3 is 1.08 bits per heavy atom. The van der Waals surface area contributed by atoms with E-state index in [0.29, 0.717) is 25.9 Å². The first-order valence-corrected chi connectivity index (χ1v) is 29.9. The standard InChI is InChI=1S/C60H117NO5/c1-3-5-7-9-11-13-14-15-16-28-31-34-38-42-46-50-54-60(65)66-55-51-47-43-39-35-32-29-26-24-22-20-18-17-19-21-23-25-27-30-33-37-41-45-49-53-59(64)61-57(56-62)58(63)52-48-44-40-36-12-10-8-6-4-2/h16,28,57-58,62-63H,3-15,17-27,29-56H2,1-2H3,(H,61,64)/b28-16-. The number of allylic oxidation sites excluding steroid dienone is 2. The van der Waals surface area contributed by atoms with E-state index in [0.717, 1.165) is 44.9 Å². The summed E-state index contributed by atoms with van der Waals surface area (Å²) in [6, 6.07) is -0.537. The smallest absolute Gasteiger partial charge is 0.305 e. The van der Waals surface area contributed by atoms with Gasteiger partial charge in [0.15, 0.2) is 0 Å². The van der Waals surface area contributed by atoms with Crippen molar-refractivity contribution >= 4 is 11.9 Å². The quantitative estimate of drug-likeness (QED) is 0.0321. The molecule has 6 heteroatoms. The van der Waals surface area contributed by atoms with Gasteiger partial charge in [0.2, 0.25) is 5.91 Å². The first kappa shape index (κ1) is 64.6. The lowest BCUT2D eigenvalue weighted by Crippen LogP contribution is -2.45. The molecule has 0 aliphatic carbocycles. The van der Waals surface area contributed by atoms with Crippen molar-refractivity contribution in [1.82, 2.24) is 5.32 Å². The van der Waals surface area contributed by atoms with Gasteiger partial charge in [0, 0.05) is 12.8 Å². The van der Waals surface area contributed by atoms with Gasteiger partial charge in [-0.25, -0.2) is 0 Å². The number of hydrogen-bond donors (Lipinski definition) is 3. The van der Waals surface area contributed by atoms with Gasteiger partial charge < -0.3 is 20.3 Å². The largest absolute Gasteiger partial charge is 0.466 e. The molecule has 0 saturated carbocycles. The second-order valence-corrected chi connectivity index (χ2v) is 20.7. The minimum atomic E-state index is -0.660. The van der Waals surface area contributed by atoms with Crippen molar-refractivity contribution in [2.75, 3.05) is 13.2 Å². The number of unbranched alkanes of at least 4 members (excludes halogenated alkanes) is 43.